The van der Waals surface area contributed by atoms with Crippen molar-refractivity contribution in [3.8, 4) is 12.3 Å². The SMILES string of the molecule is C#CC.C=CC.C=CCCN(CCC)CCC.CC.CCCCCCCCCCCCC.CCCCCCCCCCCCNC. The molecule has 0 fully saturated rings. The van der Waals surface area contributed by atoms with E-state index < -0.39 is 0 Å². The van der Waals surface area contributed by atoms with Crippen molar-refractivity contribution in [2.24, 2.45) is 0 Å². The van der Waals surface area contributed by atoms with Gasteiger partial charge in [-0.05, 0) is 66.2 Å². The molecule has 0 aromatic rings. The van der Waals surface area contributed by atoms with E-state index in [1.54, 1.807) is 13.0 Å². The van der Waals surface area contributed by atoms with Crippen molar-refractivity contribution < 1.29 is 0 Å². The van der Waals surface area contributed by atoms with Crippen LogP contribution in [0.2, 0.25) is 0 Å². The third-order valence-corrected chi connectivity index (χ3v) is 7.22. The first kappa shape index (κ1) is 57.2. The van der Waals surface area contributed by atoms with Crippen LogP contribution >= 0.6 is 0 Å². The molecule has 1 N–H and O–H groups in total. The Labute approximate surface area is 296 Å². The first-order valence-electron chi connectivity index (χ1n) is 20.4. The Hall–Kier alpha value is -1.04. The van der Waals surface area contributed by atoms with E-state index >= 15 is 0 Å². The molecular weight excluding hydrogens is 556 g/mol. The van der Waals surface area contributed by atoms with Gasteiger partial charge in [0.25, 0.3) is 0 Å². The summed E-state index contributed by atoms with van der Waals surface area (Å²) < 4.78 is 0. The monoisotopic (exact) mass is 651 g/mol. The number of nitrogens with zero attached hydrogens (tertiary/aromatic N) is 1. The van der Waals surface area contributed by atoms with Crippen LogP contribution in [0.3, 0.4) is 0 Å². The maximum Gasteiger partial charge on any atom is 0.00158 e. The predicted molar refractivity (Wildman–Crippen MR) is 221 cm³/mol. The van der Waals surface area contributed by atoms with Gasteiger partial charge in [-0.1, -0.05) is 189 Å². The van der Waals surface area contributed by atoms with Crippen molar-refractivity contribution in [1.82, 2.24) is 10.2 Å². The average molecular weight is 651 g/mol. The first-order chi connectivity index (χ1) is 22.5. The van der Waals surface area contributed by atoms with E-state index in [0.29, 0.717) is 0 Å². The molecule has 0 rings (SSSR count). The van der Waals surface area contributed by atoms with Crippen molar-refractivity contribution in [2.75, 3.05) is 33.2 Å². The standard InChI is InChI=1S/C13H29N.C13H28.C10H21N.C3H6.C3H4.C2H6/c1-3-4-5-6-7-8-9-10-11-12-13-14-2;1-3-5-7-9-11-13-12-10-8-6-4-2;1-4-7-10-11(8-5-2)9-6-3;2*1-3-2;1-2/h14H,3-13H2,1-2H3;3-13H2,1-2H3;4H,1,5-10H2,2-3H3;3H,1H2,2H3;1H,2H3;1-2H3. The Kier molecular flexibility index (Phi) is 87.5. The van der Waals surface area contributed by atoms with Crippen LogP contribution in [0.5, 0.6) is 0 Å². The van der Waals surface area contributed by atoms with Crippen molar-refractivity contribution in [3.05, 3.63) is 25.3 Å². The third kappa shape index (κ3) is 84.3. The topological polar surface area (TPSA) is 15.3 Å². The number of hydrogen-bond donors (Lipinski definition) is 1. The molecule has 0 saturated carbocycles. The summed E-state index contributed by atoms with van der Waals surface area (Å²) in [5.74, 6) is 2.25. The highest BCUT2D eigenvalue weighted by molar-refractivity contribution is 4.73. The normalized spacial score (nSPS) is 9.35. The molecule has 0 aromatic heterocycles. The van der Waals surface area contributed by atoms with Gasteiger partial charge in [0.1, 0.15) is 0 Å². The van der Waals surface area contributed by atoms with Crippen LogP contribution in [0.25, 0.3) is 0 Å². The van der Waals surface area contributed by atoms with Crippen LogP contribution in [0, 0.1) is 12.3 Å². The minimum Gasteiger partial charge on any atom is -0.320 e. The number of rotatable bonds is 28. The van der Waals surface area contributed by atoms with Crippen molar-refractivity contribution >= 4 is 0 Å². The highest BCUT2D eigenvalue weighted by Crippen LogP contribution is 2.11. The lowest BCUT2D eigenvalue weighted by atomic mass is 10.1. The molecule has 0 bridgehead atoms. The molecule has 0 spiro atoms. The van der Waals surface area contributed by atoms with Gasteiger partial charge in [-0.15, -0.1) is 25.5 Å². The van der Waals surface area contributed by atoms with E-state index in [0.717, 1.165) is 6.42 Å². The number of allylic oxidation sites excluding steroid dienone is 1. The second-order valence-electron chi connectivity index (χ2n) is 12.1. The van der Waals surface area contributed by atoms with Gasteiger partial charge >= 0.3 is 0 Å². The summed E-state index contributed by atoms with van der Waals surface area (Å²) in [6.07, 6.45) is 42.2. The van der Waals surface area contributed by atoms with Gasteiger partial charge in [-0.2, -0.15) is 0 Å². The molecule has 0 aliphatic rings. The largest absolute Gasteiger partial charge is 0.320 e. The molecule has 0 radical (unpaired) electrons. The molecule has 2 heteroatoms. The molecule has 0 heterocycles. The maximum absolute atomic E-state index is 4.60. The van der Waals surface area contributed by atoms with Gasteiger partial charge < -0.3 is 10.2 Å². The quantitative estimate of drug-likeness (QED) is 0.0515. The van der Waals surface area contributed by atoms with Gasteiger partial charge in [-0.3, -0.25) is 0 Å². The van der Waals surface area contributed by atoms with Gasteiger partial charge in [0.2, 0.25) is 0 Å². The minimum atomic E-state index is 1.12. The zero-order valence-electron chi connectivity index (χ0n) is 34.4. The molecule has 0 aliphatic heterocycles. The lowest BCUT2D eigenvalue weighted by molar-refractivity contribution is 0.280. The van der Waals surface area contributed by atoms with E-state index in [1.165, 1.54) is 174 Å². The van der Waals surface area contributed by atoms with E-state index in [1.807, 2.05) is 33.9 Å². The average Bonchev–Trinajstić information content (AvgIpc) is 3.06. The van der Waals surface area contributed by atoms with Gasteiger partial charge in [0.05, 0.1) is 0 Å². The summed E-state index contributed by atoms with van der Waals surface area (Å²) in [5.41, 5.74) is 0. The highest BCUT2D eigenvalue weighted by Gasteiger charge is 1.99. The summed E-state index contributed by atoms with van der Waals surface area (Å²) in [6, 6.07) is 0. The molecule has 0 atom stereocenters. The minimum absolute atomic E-state index is 1.12. The smallest absolute Gasteiger partial charge is 0.00158 e. The fourth-order valence-corrected chi connectivity index (χ4v) is 4.77. The Bertz CT molecular complexity index is 451. The number of nitrogens with one attached hydrogen (secondary N) is 1. The number of terminal acetylenes is 1. The zero-order chi connectivity index (χ0) is 36.2. The van der Waals surface area contributed by atoms with Crippen molar-refractivity contribution in [2.45, 2.75) is 216 Å². The molecule has 0 saturated heterocycles. The lowest BCUT2D eigenvalue weighted by Gasteiger charge is -2.19. The van der Waals surface area contributed by atoms with Crippen LogP contribution in [0.1, 0.15) is 216 Å². The second-order valence-corrected chi connectivity index (χ2v) is 12.1. The van der Waals surface area contributed by atoms with E-state index in [2.05, 4.69) is 70.3 Å². The lowest BCUT2D eigenvalue weighted by Crippen LogP contribution is -2.26. The van der Waals surface area contributed by atoms with Crippen LogP contribution in [0.4, 0.5) is 0 Å². The fourth-order valence-electron chi connectivity index (χ4n) is 4.77. The summed E-state index contributed by atoms with van der Waals surface area (Å²) in [4.78, 5) is 2.50. The molecule has 0 unspecified atom stereocenters. The van der Waals surface area contributed by atoms with Crippen LogP contribution in [0.15, 0.2) is 25.3 Å². The molecule has 46 heavy (non-hydrogen) atoms. The van der Waals surface area contributed by atoms with E-state index in [9.17, 15) is 0 Å². The zero-order valence-corrected chi connectivity index (χ0v) is 34.4. The summed E-state index contributed by atoms with van der Waals surface area (Å²) >= 11 is 0. The van der Waals surface area contributed by atoms with Crippen LogP contribution in [-0.4, -0.2) is 38.1 Å². The predicted octanol–water partition coefficient (Wildman–Crippen LogP) is 15.0. The van der Waals surface area contributed by atoms with E-state index in [-0.39, 0.29) is 0 Å². The van der Waals surface area contributed by atoms with Crippen molar-refractivity contribution in [3.63, 3.8) is 0 Å². The Balaban J connectivity index is -0.000000117. The summed E-state index contributed by atoms with van der Waals surface area (Å²) in [7, 11) is 2.04. The molecule has 0 aromatic carbocycles. The highest BCUT2D eigenvalue weighted by atomic mass is 15.1. The summed E-state index contributed by atoms with van der Waals surface area (Å²) in [5, 5.41) is 3.19. The first-order valence-corrected chi connectivity index (χ1v) is 20.4. The molecule has 2 nitrogen and oxygen atoms in total. The van der Waals surface area contributed by atoms with Crippen LogP contribution in [-0.2, 0) is 0 Å². The third-order valence-electron chi connectivity index (χ3n) is 7.22. The Morgan fingerprint density at radius 1 is 0.543 bits per heavy atom. The number of hydrogen-bond acceptors (Lipinski definition) is 2. The Morgan fingerprint density at radius 3 is 1.02 bits per heavy atom. The maximum atomic E-state index is 4.60. The molecule has 0 aliphatic carbocycles. The van der Waals surface area contributed by atoms with Crippen LogP contribution < -0.4 is 5.32 Å². The molecule has 280 valence electrons. The summed E-state index contributed by atoms with van der Waals surface area (Å²) in [6.45, 7) is 30.8. The van der Waals surface area contributed by atoms with Gasteiger partial charge in [0, 0.05) is 6.54 Å². The fraction of sp³-hybridized carbons (Fsp3) is 0.864. The van der Waals surface area contributed by atoms with Gasteiger partial charge in [-0.25, -0.2) is 0 Å². The second kappa shape index (κ2) is 70.3. The molecule has 0 amide bonds. The van der Waals surface area contributed by atoms with E-state index in [4.69, 9.17) is 0 Å². The van der Waals surface area contributed by atoms with Gasteiger partial charge in [0.15, 0.2) is 0 Å². The molecular formula is C44H94N2. The Morgan fingerprint density at radius 2 is 0.804 bits per heavy atom. The number of unbranched alkanes of at least 4 members (excludes halogenated alkanes) is 19. The van der Waals surface area contributed by atoms with Crippen molar-refractivity contribution in [1.29, 1.82) is 0 Å².